The summed E-state index contributed by atoms with van der Waals surface area (Å²) in [5, 5.41) is 9.79. The molecule has 35 heavy (non-hydrogen) atoms. The average Bonchev–Trinajstić information content (AvgIpc) is 3.48. The number of anilines is 1. The van der Waals surface area contributed by atoms with Crippen LogP contribution < -0.4 is 10.5 Å². The summed E-state index contributed by atoms with van der Waals surface area (Å²) in [6, 6.07) is 11.9. The number of benzene rings is 2. The summed E-state index contributed by atoms with van der Waals surface area (Å²) < 4.78 is 10.1. The lowest BCUT2D eigenvalue weighted by molar-refractivity contribution is -0.118. The minimum Gasteiger partial charge on any atom is -0.301 e. The molecule has 1 aliphatic rings. The lowest BCUT2D eigenvalue weighted by Gasteiger charge is -2.16. The molecule has 1 amide bonds. The molecule has 4 rings (SSSR count). The van der Waals surface area contributed by atoms with Crippen molar-refractivity contribution in [3.63, 3.8) is 0 Å². The van der Waals surface area contributed by atoms with Crippen molar-refractivity contribution in [2.75, 3.05) is 5.32 Å². The number of halogens is 2. The molecule has 2 aromatic carbocycles. The summed E-state index contributed by atoms with van der Waals surface area (Å²) in [5.74, 6) is 0.0335. The zero-order chi connectivity index (χ0) is 26.0. The van der Waals surface area contributed by atoms with E-state index in [0.717, 1.165) is 28.8 Å². The summed E-state index contributed by atoms with van der Waals surface area (Å²) in [6.45, 7) is 9.68. The zero-order valence-corrected chi connectivity index (χ0v) is 23.7. The lowest BCUT2D eigenvalue weighted by atomic mass is 9.92. The van der Waals surface area contributed by atoms with Crippen molar-refractivity contribution in [1.29, 1.82) is 0 Å². The van der Waals surface area contributed by atoms with Crippen molar-refractivity contribution in [2.24, 2.45) is 5.14 Å². The Kier molecular flexibility index (Phi) is 8.82. The molecule has 1 atom stereocenters. The van der Waals surface area contributed by atoms with Crippen molar-refractivity contribution in [1.82, 2.24) is 4.98 Å². The number of nitrogens with one attached hydrogen (secondary N) is 1. The largest absolute Gasteiger partial charge is 0.301 e. The molecule has 1 aromatic heterocycles. The van der Waals surface area contributed by atoms with Crippen LogP contribution in [0.4, 0.5) is 5.13 Å². The van der Waals surface area contributed by atoms with Gasteiger partial charge in [0.25, 0.3) is 0 Å². The van der Waals surface area contributed by atoms with Crippen LogP contribution in [0, 0.1) is 13.8 Å². The molecule has 188 valence electrons. The molecule has 1 saturated carbocycles. The first-order chi connectivity index (χ1) is 16.3. The summed E-state index contributed by atoms with van der Waals surface area (Å²) in [5.41, 5.74) is 4.21. The molecule has 0 saturated heterocycles. The van der Waals surface area contributed by atoms with Gasteiger partial charge >= 0.3 is 0 Å². The number of aromatic nitrogens is 1. The second-order valence-corrected chi connectivity index (χ2v) is 13.6. The highest BCUT2D eigenvalue weighted by molar-refractivity contribution is 7.84. The van der Waals surface area contributed by atoms with Crippen molar-refractivity contribution in [3.05, 3.63) is 79.8 Å². The third kappa shape index (κ3) is 7.14. The predicted octanol–water partition coefficient (Wildman–Crippen LogP) is 6.74. The third-order valence-corrected chi connectivity index (χ3v) is 8.84. The maximum Gasteiger partial charge on any atom is 0.236 e. The van der Waals surface area contributed by atoms with Gasteiger partial charge in [0.05, 0.1) is 31.2 Å². The summed E-state index contributed by atoms with van der Waals surface area (Å²) in [7, 11) is -1.18. The van der Waals surface area contributed by atoms with Crippen molar-refractivity contribution in [2.45, 2.75) is 64.0 Å². The molecule has 3 N–H and O–H groups in total. The van der Waals surface area contributed by atoms with Crippen LogP contribution in [0.1, 0.15) is 60.7 Å². The number of hydrogen-bond acceptors (Lipinski definition) is 4. The van der Waals surface area contributed by atoms with Gasteiger partial charge in [0, 0.05) is 17.5 Å². The maximum atomic E-state index is 13.0. The van der Waals surface area contributed by atoms with E-state index in [-0.39, 0.29) is 10.7 Å². The monoisotopic (exact) mass is 551 g/mol. The van der Waals surface area contributed by atoms with Gasteiger partial charge in [-0.15, -0.1) is 11.3 Å². The quantitative estimate of drug-likeness (QED) is 0.368. The van der Waals surface area contributed by atoms with Crippen LogP contribution in [0.15, 0.2) is 42.6 Å². The molecule has 0 bridgehead atoms. The van der Waals surface area contributed by atoms with Crippen LogP contribution in [0.5, 0.6) is 0 Å². The first-order valence-corrected chi connectivity index (χ1v) is 14.0. The van der Waals surface area contributed by atoms with Gasteiger partial charge in [-0.05, 0) is 81.8 Å². The van der Waals surface area contributed by atoms with E-state index in [4.69, 9.17) is 28.3 Å². The number of nitrogens with zero attached hydrogens (tertiary/aromatic N) is 1. The van der Waals surface area contributed by atoms with Gasteiger partial charge in [-0.25, -0.2) is 9.19 Å². The molecule has 0 aliphatic heterocycles. The van der Waals surface area contributed by atoms with Gasteiger partial charge in [0.1, 0.15) is 0 Å². The second kappa shape index (κ2) is 11.1. The van der Waals surface area contributed by atoms with Gasteiger partial charge in [-0.2, -0.15) is 0 Å². The van der Waals surface area contributed by atoms with Crippen LogP contribution in [-0.2, 0) is 27.6 Å². The fourth-order valence-corrected chi connectivity index (χ4v) is 4.49. The number of amides is 1. The molecule has 5 nitrogen and oxygen atoms in total. The van der Waals surface area contributed by atoms with Crippen LogP contribution in [0.25, 0.3) is 0 Å². The van der Waals surface area contributed by atoms with Gasteiger partial charge in [0.15, 0.2) is 5.13 Å². The Bertz CT molecular complexity index is 1250. The maximum absolute atomic E-state index is 13.0. The third-order valence-electron chi connectivity index (χ3n) is 5.98. The number of hydrogen-bond donors (Lipinski definition) is 2. The van der Waals surface area contributed by atoms with Crippen LogP contribution in [0.2, 0.25) is 10.0 Å². The fourth-order valence-electron chi connectivity index (χ4n) is 3.33. The first kappa shape index (κ1) is 27.8. The van der Waals surface area contributed by atoms with E-state index >= 15 is 0 Å². The molecule has 9 heteroatoms. The summed E-state index contributed by atoms with van der Waals surface area (Å²) in [4.78, 5) is 18.4. The molecule has 1 fully saturated rings. The number of nitrogens with two attached hydrogens (primary N) is 1. The van der Waals surface area contributed by atoms with Gasteiger partial charge in [-0.3, -0.25) is 9.93 Å². The highest BCUT2D eigenvalue weighted by Crippen LogP contribution is 2.49. The second-order valence-electron chi connectivity index (χ2n) is 9.80. The number of aryl methyl sites for hydroxylation is 2. The highest BCUT2D eigenvalue weighted by atomic mass is 35.5. The van der Waals surface area contributed by atoms with E-state index < -0.39 is 16.4 Å². The van der Waals surface area contributed by atoms with E-state index in [9.17, 15) is 9.00 Å². The minimum absolute atomic E-state index is 0.0335. The Morgan fingerprint density at radius 1 is 1.11 bits per heavy atom. The Hall–Kier alpha value is -1.77. The average molecular weight is 553 g/mol. The SMILES string of the molecule is CC(C)(C)S(N)=O.Cc1ccc(C2(C(=O)Nc3ncc(Cc4ccc(Cl)c(Cl)c4)s3)CC2)cc1C. The number of carbonyl (C=O) groups is 1. The molecule has 1 heterocycles. The topological polar surface area (TPSA) is 85.1 Å². The van der Waals surface area contributed by atoms with Gasteiger partial charge < -0.3 is 5.32 Å². The number of rotatable bonds is 5. The van der Waals surface area contributed by atoms with E-state index in [1.54, 1.807) is 12.3 Å². The van der Waals surface area contributed by atoms with Crippen LogP contribution >= 0.6 is 34.5 Å². The molecule has 0 radical (unpaired) electrons. The molecular weight excluding hydrogens is 521 g/mol. The Balaban J connectivity index is 0.000000429. The first-order valence-electron chi connectivity index (χ1n) is 11.3. The smallest absolute Gasteiger partial charge is 0.236 e. The highest BCUT2D eigenvalue weighted by Gasteiger charge is 2.51. The summed E-state index contributed by atoms with van der Waals surface area (Å²) >= 11 is 13.6. The number of carbonyl (C=O) groups excluding carboxylic acids is 1. The molecule has 1 aliphatic carbocycles. The molecule has 0 spiro atoms. The number of thiazole rings is 1. The Morgan fingerprint density at radius 2 is 1.77 bits per heavy atom. The van der Waals surface area contributed by atoms with E-state index in [2.05, 4.69) is 42.3 Å². The van der Waals surface area contributed by atoms with Crippen molar-refractivity contribution < 1.29 is 9.00 Å². The van der Waals surface area contributed by atoms with Gasteiger partial charge in [0.2, 0.25) is 5.91 Å². The standard InChI is InChI=1S/C22H20Cl2N2OS.C4H11NOS/c1-13-3-5-16(9-14(13)2)22(7-8-22)20(27)26-21-25-12-17(28-21)10-15-4-6-18(23)19(24)11-15;1-4(2,3)7(5)6/h3-6,9,11-12H,7-8,10H2,1-2H3,(H,25,26,27);5H2,1-3H3. The van der Waals surface area contributed by atoms with E-state index in [0.29, 0.717) is 21.6 Å². The zero-order valence-electron chi connectivity index (χ0n) is 20.6. The van der Waals surface area contributed by atoms with Crippen molar-refractivity contribution >= 4 is 56.6 Å². The predicted molar refractivity (Wildman–Crippen MR) is 149 cm³/mol. The molecule has 3 aromatic rings. The lowest BCUT2D eigenvalue weighted by Crippen LogP contribution is -2.27. The Labute approximate surface area is 224 Å². The minimum atomic E-state index is -1.18. The van der Waals surface area contributed by atoms with E-state index in [1.165, 1.54) is 22.5 Å². The molecular formula is C26H31Cl2N3O2S2. The summed E-state index contributed by atoms with van der Waals surface area (Å²) in [6.07, 6.45) is 4.26. The molecule has 1 unspecified atom stereocenters. The van der Waals surface area contributed by atoms with E-state index in [1.807, 2.05) is 32.9 Å². The normalized spacial score (nSPS) is 15.1. The fraction of sp³-hybridized carbons (Fsp3) is 0.385. The van der Waals surface area contributed by atoms with Crippen molar-refractivity contribution in [3.8, 4) is 0 Å². The van der Waals surface area contributed by atoms with Crippen LogP contribution in [-0.4, -0.2) is 19.8 Å². The Morgan fingerprint density at radius 3 is 2.31 bits per heavy atom. The van der Waals surface area contributed by atoms with Crippen LogP contribution in [0.3, 0.4) is 0 Å². The van der Waals surface area contributed by atoms with Gasteiger partial charge in [-0.1, -0.05) is 47.5 Å².